The van der Waals surface area contributed by atoms with E-state index in [0.717, 1.165) is 23.1 Å². The molecule has 1 unspecified atom stereocenters. The van der Waals surface area contributed by atoms with Crippen molar-refractivity contribution in [2.45, 2.75) is 18.9 Å². The summed E-state index contributed by atoms with van der Waals surface area (Å²) < 4.78 is 11.1. The SMILES string of the molecule is COc1ccc(C(N=O)c2cccnc2)c(CCc2ccccc2)c1OC. The molecule has 5 heteroatoms. The lowest BCUT2D eigenvalue weighted by molar-refractivity contribution is 0.351. The van der Waals surface area contributed by atoms with Crippen molar-refractivity contribution in [3.63, 3.8) is 0 Å². The summed E-state index contributed by atoms with van der Waals surface area (Å²) in [6, 6.07) is 16.9. The molecule has 1 atom stereocenters. The molecule has 0 spiro atoms. The monoisotopic (exact) mass is 362 g/mol. The van der Waals surface area contributed by atoms with Crippen LogP contribution in [0.4, 0.5) is 0 Å². The van der Waals surface area contributed by atoms with Crippen molar-refractivity contribution in [2.24, 2.45) is 5.18 Å². The van der Waals surface area contributed by atoms with Crippen molar-refractivity contribution in [3.8, 4) is 11.5 Å². The molecule has 138 valence electrons. The number of methoxy groups -OCH3 is 2. The summed E-state index contributed by atoms with van der Waals surface area (Å²) in [5, 5.41) is 3.39. The van der Waals surface area contributed by atoms with E-state index in [4.69, 9.17) is 9.47 Å². The van der Waals surface area contributed by atoms with Gasteiger partial charge in [0.1, 0.15) is 6.04 Å². The molecule has 0 aliphatic rings. The topological polar surface area (TPSA) is 60.8 Å². The Labute approximate surface area is 159 Å². The van der Waals surface area contributed by atoms with Gasteiger partial charge in [-0.2, -0.15) is 0 Å². The Hall–Kier alpha value is -3.21. The molecule has 0 saturated carbocycles. The van der Waals surface area contributed by atoms with Crippen LogP contribution in [-0.4, -0.2) is 19.2 Å². The Balaban J connectivity index is 2.05. The summed E-state index contributed by atoms with van der Waals surface area (Å²) >= 11 is 0. The number of rotatable bonds is 8. The fourth-order valence-electron chi connectivity index (χ4n) is 3.27. The van der Waals surface area contributed by atoms with Crippen molar-refractivity contribution >= 4 is 0 Å². The van der Waals surface area contributed by atoms with Crippen molar-refractivity contribution < 1.29 is 9.47 Å². The van der Waals surface area contributed by atoms with Crippen LogP contribution < -0.4 is 9.47 Å². The highest BCUT2D eigenvalue weighted by atomic mass is 16.5. The van der Waals surface area contributed by atoms with E-state index in [1.165, 1.54) is 5.56 Å². The van der Waals surface area contributed by atoms with E-state index in [0.29, 0.717) is 17.9 Å². The molecule has 0 radical (unpaired) electrons. The normalized spacial score (nSPS) is 11.6. The van der Waals surface area contributed by atoms with Gasteiger partial charge < -0.3 is 9.47 Å². The summed E-state index contributed by atoms with van der Waals surface area (Å²) in [5.74, 6) is 1.28. The zero-order valence-corrected chi connectivity index (χ0v) is 15.5. The van der Waals surface area contributed by atoms with Gasteiger partial charge in [-0.15, -0.1) is 4.91 Å². The largest absolute Gasteiger partial charge is 0.493 e. The first-order valence-electron chi connectivity index (χ1n) is 8.78. The lowest BCUT2D eigenvalue weighted by Crippen LogP contribution is -2.07. The summed E-state index contributed by atoms with van der Waals surface area (Å²) in [5.41, 5.74) is 3.70. The number of benzene rings is 2. The zero-order valence-electron chi connectivity index (χ0n) is 15.5. The van der Waals surface area contributed by atoms with E-state index >= 15 is 0 Å². The summed E-state index contributed by atoms with van der Waals surface area (Å²) in [6.45, 7) is 0. The van der Waals surface area contributed by atoms with Crippen LogP contribution in [0.15, 0.2) is 72.2 Å². The van der Waals surface area contributed by atoms with Gasteiger partial charge in [-0.1, -0.05) is 47.6 Å². The Morgan fingerprint density at radius 2 is 1.78 bits per heavy atom. The maximum absolute atomic E-state index is 11.7. The van der Waals surface area contributed by atoms with E-state index in [9.17, 15) is 4.91 Å². The van der Waals surface area contributed by atoms with E-state index < -0.39 is 6.04 Å². The Kier molecular flexibility index (Phi) is 6.15. The van der Waals surface area contributed by atoms with Gasteiger partial charge >= 0.3 is 0 Å². The highest BCUT2D eigenvalue weighted by Gasteiger charge is 2.23. The van der Waals surface area contributed by atoms with E-state index in [2.05, 4.69) is 22.3 Å². The molecule has 1 heterocycles. The summed E-state index contributed by atoms with van der Waals surface area (Å²) in [7, 11) is 3.22. The average molecular weight is 362 g/mol. The second-order valence-corrected chi connectivity index (χ2v) is 6.15. The molecule has 1 aromatic heterocycles. The van der Waals surface area contributed by atoms with E-state index in [1.54, 1.807) is 32.7 Å². The van der Waals surface area contributed by atoms with Gasteiger partial charge in [0.15, 0.2) is 11.5 Å². The molecular formula is C22H22N2O3. The van der Waals surface area contributed by atoms with E-state index in [-0.39, 0.29) is 0 Å². The Morgan fingerprint density at radius 3 is 2.41 bits per heavy atom. The van der Waals surface area contributed by atoms with Gasteiger partial charge in [-0.3, -0.25) is 4.98 Å². The number of aryl methyl sites for hydroxylation is 1. The van der Waals surface area contributed by atoms with Crippen LogP contribution in [0, 0.1) is 4.91 Å². The summed E-state index contributed by atoms with van der Waals surface area (Å²) in [4.78, 5) is 15.9. The summed E-state index contributed by atoms with van der Waals surface area (Å²) in [6.07, 6.45) is 4.86. The quantitative estimate of drug-likeness (QED) is 0.543. The number of pyridine rings is 1. The molecule has 0 aliphatic carbocycles. The highest BCUT2D eigenvalue weighted by molar-refractivity contribution is 5.53. The third-order valence-corrected chi connectivity index (χ3v) is 4.59. The van der Waals surface area contributed by atoms with Gasteiger partial charge in [0.25, 0.3) is 0 Å². The third kappa shape index (κ3) is 4.14. The predicted molar refractivity (Wildman–Crippen MR) is 105 cm³/mol. The zero-order chi connectivity index (χ0) is 19.1. The molecule has 3 rings (SSSR count). The van der Waals surface area contributed by atoms with Gasteiger partial charge in [-0.25, -0.2) is 0 Å². The van der Waals surface area contributed by atoms with Crippen LogP contribution in [0.5, 0.6) is 11.5 Å². The standard InChI is InChI=1S/C22H22N2O3/c1-26-20-13-12-18(21(24-25)17-9-6-14-23-15-17)19(22(20)27-2)11-10-16-7-4-3-5-8-16/h3-9,12-15,21H,10-11H2,1-2H3. The van der Waals surface area contributed by atoms with Crippen molar-refractivity contribution in [1.82, 2.24) is 4.98 Å². The Morgan fingerprint density at radius 1 is 0.963 bits per heavy atom. The second kappa shape index (κ2) is 8.94. The first-order valence-corrected chi connectivity index (χ1v) is 8.78. The molecule has 0 bridgehead atoms. The van der Waals surface area contributed by atoms with Gasteiger partial charge in [0, 0.05) is 23.5 Å². The maximum atomic E-state index is 11.7. The van der Waals surface area contributed by atoms with Gasteiger partial charge in [0.2, 0.25) is 0 Å². The minimum atomic E-state index is -0.649. The van der Waals surface area contributed by atoms with Crippen LogP contribution in [0.25, 0.3) is 0 Å². The molecule has 0 aliphatic heterocycles. The van der Waals surface area contributed by atoms with Crippen LogP contribution in [0.1, 0.15) is 28.3 Å². The minimum Gasteiger partial charge on any atom is -0.493 e. The fraction of sp³-hybridized carbons (Fsp3) is 0.227. The lowest BCUT2D eigenvalue weighted by Gasteiger charge is -2.20. The number of hydrogen-bond acceptors (Lipinski definition) is 5. The number of hydrogen-bond donors (Lipinski definition) is 0. The first kappa shape index (κ1) is 18.6. The lowest BCUT2D eigenvalue weighted by atomic mass is 9.91. The highest BCUT2D eigenvalue weighted by Crippen LogP contribution is 2.39. The molecule has 0 N–H and O–H groups in total. The van der Waals surface area contributed by atoms with Crippen LogP contribution in [0.3, 0.4) is 0 Å². The number of ether oxygens (including phenoxy) is 2. The molecule has 2 aromatic carbocycles. The molecule has 5 nitrogen and oxygen atoms in total. The number of nitroso groups, excluding NO2 is 1. The molecule has 0 saturated heterocycles. The molecular weight excluding hydrogens is 340 g/mol. The predicted octanol–water partition coefficient (Wildman–Crippen LogP) is 4.74. The fourth-order valence-corrected chi connectivity index (χ4v) is 3.27. The smallest absolute Gasteiger partial charge is 0.164 e. The van der Waals surface area contributed by atoms with Crippen molar-refractivity contribution in [1.29, 1.82) is 0 Å². The number of nitrogens with zero attached hydrogens (tertiary/aromatic N) is 2. The second-order valence-electron chi connectivity index (χ2n) is 6.15. The number of aromatic nitrogens is 1. The Bertz CT molecular complexity index is 883. The third-order valence-electron chi connectivity index (χ3n) is 4.59. The van der Waals surface area contributed by atoms with E-state index in [1.807, 2.05) is 36.4 Å². The van der Waals surface area contributed by atoms with Crippen molar-refractivity contribution in [2.75, 3.05) is 14.2 Å². The molecule has 0 amide bonds. The van der Waals surface area contributed by atoms with Crippen LogP contribution in [-0.2, 0) is 12.8 Å². The maximum Gasteiger partial charge on any atom is 0.164 e. The van der Waals surface area contributed by atoms with Gasteiger partial charge in [-0.05, 0) is 36.1 Å². The molecule has 3 aromatic rings. The van der Waals surface area contributed by atoms with Crippen LogP contribution in [0.2, 0.25) is 0 Å². The molecule has 0 fully saturated rings. The van der Waals surface area contributed by atoms with Gasteiger partial charge in [0.05, 0.1) is 14.2 Å². The minimum absolute atomic E-state index is 0.639. The first-order chi connectivity index (χ1) is 13.3. The molecule has 27 heavy (non-hydrogen) atoms. The average Bonchev–Trinajstić information content (AvgIpc) is 2.74. The van der Waals surface area contributed by atoms with Crippen molar-refractivity contribution in [3.05, 3.63) is 94.2 Å². The van der Waals surface area contributed by atoms with Crippen LogP contribution >= 0.6 is 0 Å².